The van der Waals surface area contributed by atoms with Gasteiger partial charge in [0.05, 0.1) is 0 Å². The van der Waals surface area contributed by atoms with Crippen LogP contribution in [0.3, 0.4) is 0 Å². The van der Waals surface area contributed by atoms with Crippen molar-refractivity contribution in [2.24, 2.45) is 16.3 Å². The van der Waals surface area contributed by atoms with Gasteiger partial charge in [0.2, 0.25) is 0 Å². The summed E-state index contributed by atoms with van der Waals surface area (Å²) in [6.45, 7) is 15.9. The van der Waals surface area contributed by atoms with E-state index in [4.69, 9.17) is 0 Å². The molecule has 17 heavy (non-hydrogen) atoms. The molecule has 0 spiro atoms. The summed E-state index contributed by atoms with van der Waals surface area (Å²) < 4.78 is 0. The molecule has 0 aromatic rings. The van der Waals surface area contributed by atoms with Crippen LogP contribution in [0.5, 0.6) is 0 Å². The second kappa shape index (κ2) is 6.98. The highest BCUT2D eigenvalue weighted by Crippen LogP contribution is 2.40. The minimum Gasteiger partial charge on any atom is -0.298 e. The van der Waals surface area contributed by atoms with Crippen LogP contribution in [0, 0.1) is 11.3 Å². The fourth-order valence-electron chi connectivity index (χ4n) is 2.52. The first-order chi connectivity index (χ1) is 7.76. The van der Waals surface area contributed by atoms with Gasteiger partial charge in [0.25, 0.3) is 0 Å². The lowest BCUT2D eigenvalue weighted by atomic mass is 9.71. The molecule has 0 amide bonds. The molecule has 0 bridgehead atoms. The summed E-state index contributed by atoms with van der Waals surface area (Å²) in [7, 11) is 1.90. The number of rotatable bonds is 6. The molecular formula is C16H31N. The van der Waals surface area contributed by atoms with E-state index < -0.39 is 0 Å². The lowest BCUT2D eigenvalue weighted by Crippen LogP contribution is -2.25. The van der Waals surface area contributed by atoms with E-state index in [0.29, 0.717) is 0 Å². The van der Waals surface area contributed by atoms with Gasteiger partial charge in [-0.2, -0.15) is 0 Å². The summed E-state index contributed by atoms with van der Waals surface area (Å²) in [4.78, 5) is 4.34. The second-order valence-corrected chi connectivity index (χ2v) is 6.04. The third kappa shape index (κ3) is 5.06. The third-order valence-electron chi connectivity index (χ3n) is 4.18. The molecule has 1 nitrogen and oxygen atoms in total. The van der Waals surface area contributed by atoms with Crippen LogP contribution in [-0.2, 0) is 0 Å². The smallest absolute Gasteiger partial charge is 0.0276 e. The van der Waals surface area contributed by atoms with Crippen molar-refractivity contribution in [2.45, 2.75) is 67.7 Å². The zero-order valence-electron chi connectivity index (χ0n) is 13.1. The van der Waals surface area contributed by atoms with E-state index in [1.807, 2.05) is 7.05 Å². The molecule has 1 heteroatoms. The Hall–Kier alpha value is -0.590. The molecular weight excluding hydrogens is 206 g/mol. The highest BCUT2D eigenvalue weighted by Gasteiger charge is 2.29. The van der Waals surface area contributed by atoms with Crippen molar-refractivity contribution in [3.63, 3.8) is 0 Å². The Balaban J connectivity index is 5.14. The van der Waals surface area contributed by atoms with Crippen molar-refractivity contribution in [2.75, 3.05) is 7.05 Å². The Morgan fingerprint density at radius 2 is 1.71 bits per heavy atom. The maximum Gasteiger partial charge on any atom is 0.0276 e. The molecule has 2 atom stereocenters. The van der Waals surface area contributed by atoms with Crippen molar-refractivity contribution in [3.8, 4) is 0 Å². The van der Waals surface area contributed by atoms with Crippen molar-refractivity contribution in [1.29, 1.82) is 0 Å². The lowest BCUT2D eigenvalue weighted by Gasteiger charge is -2.34. The lowest BCUT2D eigenvalue weighted by molar-refractivity contribution is 0.303. The van der Waals surface area contributed by atoms with E-state index in [2.05, 4.69) is 53.5 Å². The zero-order chi connectivity index (χ0) is 13.6. The van der Waals surface area contributed by atoms with Crippen LogP contribution in [0.2, 0.25) is 0 Å². The minimum atomic E-state index is 0.276. The van der Waals surface area contributed by atoms with Crippen LogP contribution in [0.4, 0.5) is 0 Å². The average Bonchev–Trinajstić information content (AvgIpc) is 2.27. The maximum absolute atomic E-state index is 4.34. The molecule has 0 fully saturated rings. The van der Waals surface area contributed by atoms with E-state index in [1.165, 1.54) is 24.1 Å². The highest BCUT2D eigenvalue weighted by molar-refractivity contribution is 5.82. The Labute approximate surface area is 108 Å². The number of hydrogen-bond donors (Lipinski definition) is 0. The summed E-state index contributed by atoms with van der Waals surface area (Å²) in [5.74, 6) is 0.777. The quantitative estimate of drug-likeness (QED) is 0.441. The Kier molecular flexibility index (Phi) is 6.74. The third-order valence-corrected chi connectivity index (χ3v) is 4.18. The molecule has 0 aliphatic carbocycles. The molecule has 0 saturated carbocycles. The molecule has 0 saturated heterocycles. The van der Waals surface area contributed by atoms with E-state index in [1.54, 1.807) is 5.57 Å². The number of aliphatic imine (C=N–C) groups is 1. The average molecular weight is 237 g/mol. The van der Waals surface area contributed by atoms with Gasteiger partial charge in [-0.05, 0) is 51.9 Å². The van der Waals surface area contributed by atoms with Crippen LogP contribution >= 0.6 is 0 Å². The summed E-state index contributed by atoms with van der Waals surface area (Å²) in [6, 6.07) is 0. The molecule has 0 radical (unpaired) electrons. The van der Waals surface area contributed by atoms with Gasteiger partial charge in [0.15, 0.2) is 0 Å². The fraction of sp³-hybridized carbons (Fsp3) is 0.812. The van der Waals surface area contributed by atoms with Crippen molar-refractivity contribution in [3.05, 3.63) is 11.1 Å². The number of nitrogens with zero attached hydrogens (tertiary/aromatic N) is 1. The maximum atomic E-state index is 4.34. The van der Waals surface area contributed by atoms with Crippen LogP contribution in [0.25, 0.3) is 0 Å². The number of allylic oxidation sites excluding steroid dienone is 2. The van der Waals surface area contributed by atoms with Gasteiger partial charge >= 0.3 is 0 Å². The second-order valence-electron chi connectivity index (χ2n) is 6.04. The molecule has 0 aromatic heterocycles. The molecule has 0 aliphatic rings. The topological polar surface area (TPSA) is 12.4 Å². The van der Waals surface area contributed by atoms with Gasteiger partial charge in [0, 0.05) is 12.8 Å². The molecule has 0 heterocycles. The van der Waals surface area contributed by atoms with Crippen LogP contribution in [0.1, 0.15) is 67.7 Å². The zero-order valence-corrected chi connectivity index (χ0v) is 13.1. The molecule has 0 N–H and O–H groups in total. The van der Waals surface area contributed by atoms with Crippen LogP contribution in [0.15, 0.2) is 16.1 Å². The Morgan fingerprint density at radius 1 is 1.18 bits per heavy atom. The summed E-state index contributed by atoms with van der Waals surface area (Å²) >= 11 is 0. The van der Waals surface area contributed by atoms with Gasteiger partial charge in [-0.15, -0.1) is 0 Å². The highest BCUT2D eigenvalue weighted by atomic mass is 14.7. The van der Waals surface area contributed by atoms with E-state index in [0.717, 1.165) is 12.3 Å². The monoisotopic (exact) mass is 237 g/mol. The predicted molar refractivity (Wildman–Crippen MR) is 79.9 cm³/mol. The van der Waals surface area contributed by atoms with Gasteiger partial charge < -0.3 is 0 Å². The van der Waals surface area contributed by atoms with E-state index >= 15 is 0 Å². The summed E-state index contributed by atoms with van der Waals surface area (Å²) in [5.41, 5.74) is 4.54. The van der Waals surface area contributed by atoms with E-state index in [-0.39, 0.29) is 5.41 Å². The normalized spacial score (nSPS) is 17.5. The van der Waals surface area contributed by atoms with Gasteiger partial charge in [-0.25, -0.2) is 0 Å². The molecule has 1 unspecified atom stereocenters. The van der Waals surface area contributed by atoms with Gasteiger partial charge in [-0.3, -0.25) is 4.99 Å². The SMILES string of the molecule is CC[C@H](C)CC(C)(CC(C)=NC)C(C)=C(C)C. The fourth-order valence-corrected chi connectivity index (χ4v) is 2.52. The molecule has 0 rings (SSSR count). The first kappa shape index (κ1) is 16.4. The summed E-state index contributed by atoms with van der Waals surface area (Å²) in [5, 5.41) is 0. The largest absolute Gasteiger partial charge is 0.298 e. The van der Waals surface area contributed by atoms with E-state index in [9.17, 15) is 0 Å². The Bertz CT molecular complexity index is 295. The van der Waals surface area contributed by atoms with Gasteiger partial charge in [-0.1, -0.05) is 38.3 Å². The molecule has 0 aliphatic heterocycles. The Morgan fingerprint density at radius 3 is 2.06 bits per heavy atom. The van der Waals surface area contributed by atoms with Crippen LogP contribution < -0.4 is 0 Å². The molecule has 100 valence electrons. The standard InChI is InChI=1S/C16H31N/c1-9-13(4)10-16(7,11-14(5)17-8)15(6)12(2)3/h13H,9-11H2,1-8H3/t13-,16?/m0/s1. The van der Waals surface area contributed by atoms with Crippen LogP contribution in [-0.4, -0.2) is 12.8 Å². The van der Waals surface area contributed by atoms with Crippen molar-refractivity contribution < 1.29 is 0 Å². The van der Waals surface area contributed by atoms with Crippen molar-refractivity contribution in [1.82, 2.24) is 0 Å². The summed E-state index contributed by atoms with van der Waals surface area (Å²) in [6.07, 6.45) is 3.60. The van der Waals surface area contributed by atoms with Gasteiger partial charge in [0.1, 0.15) is 0 Å². The molecule has 0 aromatic carbocycles. The van der Waals surface area contributed by atoms with Crippen molar-refractivity contribution >= 4 is 5.71 Å². The predicted octanol–water partition coefficient (Wildman–Crippen LogP) is 5.27. The first-order valence-corrected chi connectivity index (χ1v) is 6.83. The number of hydrogen-bond acceptors (Lipinski definition) is 1. The first-order valence-electron chi connectivity index (χ1n) is 6.83. The minimum absolute atomic E-state index is 0.276.